The van der Waals surface area contributed by atoms with E-state index < -0.39 is 30.5 Å². The number of aliphatic hydroxyl groups is 2. The molecule has 0 bridgehead atoms. The minimum absolute atomic E-state index is 0.0280. The van der Waals surface area contributed by atoms with E-state index in [4.69, 9.17) is 9.84 Å². The second-order valence-electron chi connectivity index (χ2n) is 3.68. The van der Waals surface area contributed by atoms with Crippen LogP contribution in [0.1, 0.15) is 6.42 Å². The van der Waals surface area contributed by atoms with E-state index in [-0.39, 0.29) is 19.7 Å². The van der Waals surface area contributed by atoms with Crippen LogP contribution in [0.5, 0.6) is 0 Å². The predicted octanol–water partition coefficient (Wildman–Crippen LogP) is -1.85. The molecular formula is C8H13N3O5. The Morgan fingerprint density at radius 2 is 2.25 bits per heavy atom. The maximum absolute atomic E-state index is 11.4. The molecule has 2 heterocycles. The van der Waals surface area contributed by atoms with Gasteiger partial charge in [0, 0.05) is 6.42 Å². The number of urea groups is 2. The lowest BCUT2D eigenvalue weighted by atomic mass is 10.2. The van der Waals surface area contributed by atoms with Gasteiger partial charge >= 0.3 is 12.1 Å². The van der Waals surface area contributed by atoms with Gasteiger partial charge in [0.1, 0.15) is 12.3 Å². The van der Waals surface area contributed by atoms with Gasteiger partial charge in [0.2, 0.25) is 0 Å². The molecule has 0 saturated carbocycles. The lowest BCUT2D eigenvalue weighted by Crippen LogP contribution is -2.60. The van der Waals surface area contributed by atoms with Gasteiger partial charge in [0.25, 0.3) is 0 Å². The number of nitrogens with zero attached hydrogens (tertiary/aromatic N) is 1. The molecular weight excluding hydrogens is 218 g/mol. The Morgan fingerprint density at radius 3 is 2.81 bits per heavy atom. The number of hydrogen-bond acceptors (Lipinski definition) is 5. The third kappa shape index (κ3) is 1.94. The largest absolute Gasteiger partial charge is 0.394 e. The van der Waals surface area contributed by atoms with Crippen molar-refractivity contribution < 1.29 is 24.5 Å². The summed E-state index contributed by atoms with van der Waals surface area (Å²) in [5, 5.41) is 22.9. The second kappa shape index (κ2) is 4.24. The summed E-state index contributed by atoms with van der Waals surface area (Å²) in [6, 6.07) is -1.13. The SMILES string of the molecule is O=C1NCN([C@H]2CC(O)[C@@H](CO)O2)C(=O)N1. The van der Waals surface area contributed by atoms with Crippen LogP contribution in [0.15, 0.2) is 0 Å². The molecule has 0 aromatic heterocycles. The number of ether oxygens (including phenoxy) is 1. The third-order valence-electron chi connectivity index (χ3n) is 2.62. The number of rotatable bonds is 2. The summed E-state index contributed by atoms with van der Waals surface area (Å²) < 4.78 is 5.28. The van der Waals surface area contributed by atoms with Crippen molar-refractivity contribution in [3.05, 3.63) is 0 Å². The quantitative estimate of drug-likeness (QED) is 0.445. The van der Waals surface area contributed by atoms with Gasteiger partial charge in [-0.3, -0.25) is 10.2 Å². The smallest absolute Gasteiger partial charge is 0.328 e. The number of imide groups is 1. The zero-order valence-electron chi connectivity index (χ0n) is 8.42. The topological polar surface area (TPSA) is 111 Å². The number of amides is 4. The van der Waals surface area contributed by atoms with Crippen molar-refractivity contribution in [2.24, 2.45) is 0 Å². The lowest BCUT2D eigenvalue weighted by Gasteiger charge is -2.31. The molecule has 16 heavy (non-hydrogen) atoms. The Bertz CT molecular complexity index is 310. The Balaban J connectivity index is 1.98. The van der Waals surface area contributed by atoms with Crippen LogP contribution < -0.4 is 10.6 Å². The van der Waals surface area contributed by atoms with Crippen LogP contribution in [0.2, 0.25) is 0 Å². The Kier molecular flexibility index (Phi) is 2.95. The molecule has 0 spiro atoms. The van der Waals surface area contributed by atoms with Gasteiger partial charge in [-0.25, -0.2) is 9.59 Å². The molecule has 8 nitrogen and oxygen atoms in total. The van der Waals surface area contributed by atoms with Gasteiger partial charge in [-0.2, -0.15) is 0 Å². The Hall–Kier alpha value is -1.38. The van der Waals surface area contributed by atoms with E-state index >= 15 is 0 Å². The average Bonchev–Trinajstić information content (AvgIpc) is 2.59. The highest BCUT2D eigenvalue weighted by Gasteiger charge is 2.40. The molecule has 0 aliphatic carbocycles. The first-order chi connectivity index (χ1) is 7.61. The van der Waals surface area contributed by atoms with Gasteiger partial charge in [0.05, 0.1) is 19.4 Å². The second-order valence-corrected chi connectivity index (χ2v) is 3.68. The molecule has 0 aromatic rings. The van der Waals surface area contributed by atoms with Crippen LogP contribution in [-0.4, -0.2) is 58.9 Å². The molecule has 90 valence electrons. The maximum atomic E-state index is 11.4. The zero-order chi connectivity index (χ0) is 11.7. The van der Waals surface area contributed by atoms with E-state index in [1.165, 1.54) is 4.90 Å². The molecule has 2 rings (SSSR count). The van der Waals surface area contributed by atoms with Crippen molar-refractivity contribution in [2.75, 3.05) is 13.3 Å². The van der Waals surface area contributed by atoms with Crippen LogP contribution in [0.25, 0.3) is 0 Å². The third-order valence-corrected chi connectivity index (χ3v) is 2.62. The normalized spacial score (nSPS) is 34.9. The maximum Gasteiger partial charge on any atom is 0.328 e. The molecule has 2 aliphatic heterocycles. The highest BCUT2D eigenvalue weighted by molar-refractivity contribution is 5.95. The molecule has 1 unspecified atom stereocenters. The summed E-state index contributed by atoms with van der Waals surface area (Å²) in [5.74, 6) is 0. The van der Waals surface area contributed by atoms with Crippen molar-refractivity contribution in [1.82, 2.24) is 15.5 Å². The molecule has 2 fully saturated rings. The fourth-order valence-corrected chi connectivity index (χ4v) is 1.75. The molecule has 0 radical (unpaired) electrons. The van der Waals surface area contributed by atoms with Crippen molar-refractivity contribution in [3.63, 3.8) is 0 Å². The van der Waals surface area contributed by atoms with E-state index in [1.54, 1.807) is 0 Å². The van der Waals surface area contributed by atoms with Crippen molar-refractivity contribution in [1.29, 1.82) is 0 Å². The molecule has 8 heteroatoms. The van der Waals surface area contributed by atoms with E-state index in [9.17, 15) is 14.7 Å². The standard InChI is InChI=1S/C8H13N3O5/c12-2-5-4(13)1-6(16-5)11-3-9-7(14)10-8(11)15/h4-6,12-13H,1-3H2,(H2,9,10,14,15)/t4?,5-,6-/m1/s1. The molecule has 4 amide bonds. The molecule has 2 saturated heterocycles. The number of carbonyl (C=O) groups excluding carboxylic acids is 2. The predicted molar refractivity (Wildman–Crippen MR) is 50.1 cm³/mol. The van der Waals surface area contributed by atoms with E-state index in [0.717, 1.165) is 0 Å². The fourth-order valence-electron chi connectivity index (χ4n) is 1.75. The summed E-state index contributed by atoms with van der Waals surface area (Å²) in [5.41, 5.74) is 0. The first-order valence-corrected chi connectivity index (χ1v) is 4.91. The highest BCUT2D eigenvalue weighted by Crippen LogP contribution is 2.23. The van der Waals surface area contributed by atoms with Crippen LogP contribution in [-0.2, 0) is 4.74 Å². The molecule has 2 aliphatic rings. The Labute approximate surface area is 91.2 Å². The summed E-state index contributed by atoms with van der Waals surface area (Å²) in [6.07, 6.45) is -1.90. The summed E-state index contributed by atoms with van der Waals surface area (Å²) in [6.45, 7) is -0.278. The zero-order valence-corrected chi connectivity index (χ0v) is 8.42. The van der Waals surface area contributed by atoms with Gasteiger partial charge in [0.15, 0.2) is 0 Å². The van der Waals surface area contributed by atoms with Crippen molar-refractivity contribution in [2.45, 2.75) is 24.9 Å². The van der Waals surface area contributed by atoms with Gasteiger partial charge < -0.3 is 20.3 Å². The molecule has 3 atom stereocenters. The summed E-state index contributed by atoms with van der Waals surface area (Å²) in [7, 11) is 0. The molecule has 4 N–H and O–H groups in total. The highest BCUT2D eigenvalue weighted by atomic mass is 16.5. The number of nitrogens with one attached hydrogen (secondary N) is 2. The van der Waals surface area contributed by atoms with Crippen molar-refractivity contribution >= 4 is 12.1 Å². The number of hydrogen-bond donors (Lipinski definition) is 4. The molecule has 0 aromatic carbocycles. The number of aliphatic hydroxyl groups excluding tert-OH is 2. The van der Waals surface area contributed by atoms with E-state index in [1.807, 2.05) is 0 Å². The van der Waals surface area contributed by atoms with E-state index in [0.29, 0.717) is 0 Å². The first kappa shape index (κ1) is 11.1. The minimum atomic E-state index is -0.805. The Morgan fingerprint density at radius 1 is 1.50 bits per heavy atom. The lowest BCUT2D eigenvalue weighted by molar-refractivity contribution is -0.0662. The van der Waals surface area contributed by atoms with Crippen molar-refractivity contribution in [3.8, 4) is 0 Å². The van der Waals surface area contributed by atoms with Gasteiger partial charge in [-0.1, -0.05) is 0 Å². The first-order valence-electron chi connectivity index (χ1n) is 4.91. The monoisotopic (exact) mass is 231 g/mol. The fraction of sp³-hybridized carbons (Fsp3) is 0.750. The van der Waals surface area contributed by atoms with Gasteiger partial charge in [-0.05, 0) is 0 Å². The summed E-state index contributed by atoms with van der Waals surface area (Å²) in [4.78, 5) is 23.5. The summed E-state index contributed by atoms with van der Waals surface area (Å²) >= 11 is 0. The van der Waals surface area contributed by atoms with Gasteiger partial charge in [-0.15, -0.1) is 0 Å². The average molecular weight is 231 g/mol. The number of carbonyl (C=O) groups is 2. The van der Waals surface area contributed by atoms with Crippen LogP contribution in [0, 0.1) is 0 Å². The van der Waals surface area contributed by atoms with Crippen LogP contribution >= 0.6 is 0 Å². The van der Waals surface area contributed by atoms with E-state index in [2.05, 4.69) is 10.6 Å². The van der Waals surface area contributed by atoms with Crippen LogP contribution in [0.4, 0.5) is 9.59 Å². The van der Waals surface area contributed by atoms with Crippen LogP contribution in [0.3, 0.4) is 0 Å². The minimum Gasteiger partial charge on any atom is -0.394 e.